The third-order valence-corrected chi connectivity index (χ3v) is 4.33. The fraction of sp³-hybridized carbons (Fsp3) is 0.500. The number of nitrogens with one attached hydrogen (secondary N) is 1. The molecule has 1 fully saturated rings. The van der Waals surface area contributed by atoms with Gasteiger partial charge >= 0.3 is 6.18 Å². The number of halogens is 4. The minimum atomic E-state index is -4.20. The van der Waals surface area contributed by atoms with Crippen LogP contribution in [0.25, 0.3) is 0 Å². The Kier molecular flexibility index (Phi) is 4.73. The molecule has 20 heavy (non-hydrogen) atoms. The van der Waals surface area contributed by atoms with Crippen LogP contribution in [0.5, 0.6) is 0 Å². The van der Waals surface area contributed by atoms with Crippen molar-refractivity contribution in [2.45, 2.75) is 31.9 Å². The number of benzene rings is 1. The lowest BCUT2D eigenvalue weighted by molar-refractivity contribution is -0.185. The number of carbonyl (C=O) groups excluding carboxylic acids is 1. The predicted octanol–water partition coefficient (Wildman–Crippen LogP) is 4.76. The molecule has 0 saturated heterocycles. The van der Waals surface area contributed by atoms with Crippen LogP contribution in [0.15, 0.2) is 28.7 Å². The minimum absolute atomic E-state index is 0.111. The Labute approximate surface area is 123 Å². The molecule has 0 aromatic heterocycles. The smallest absolute Gasteiger partial charge is 0.325 e. The van der Waals surface area contributed by atoms with E-state index in [1.807, 2.05) is 0 Å². The van der Waals surface area contributed by atoms with E-state index in [0.717, 1.165) is 4.47 Å². The maximum absolute atomic E-state index is 12.7. The fourth-order valence-corrected chi connectivity index (χ4v) is 2.91. The highest BCUT2D eigenvalue weighted by Gasteiger charge is 2.43. The standard InChI is InChI=1S/C14H15BrF3NO/c15-11-6-1-2-7-12(11)19-13(20)9-4-3-5-10(8-9)14(16,17)18/h1-2,6-7,9-10H,3-5,8H2,(H,19,20). The second-order valence-corrected chi connectivity index (χ2v) is 5.93. The molecule has 1 aliphatic rings. The third kappa shape index (κ3) is 3.75. The summed E-state index contributed by atoms with van der Waals surface area (Å²) in [6.07, 6.45) is -3.23. The van der Waals surface area contributed by atoms with E-state index in [2.05, 4.69) is 21.2 Å². The Morgan fingerprint density at radius 2 is 1.95 bits per heavy atom. The second-order valence-electron chi connectivity index (χ2n) is 5.07. The number of hydrogen-bond donors (Lipinski definition) is 1. The van der Waals surface area contributed by atoms with Crippen LogP contribution in [-0.2, 0) is 4.79 Å². The van der Waals surface area contributed by atoms with Crippen LogP contribution in [0, 0.1) is 11.8 Å². The summed E-state index contributed by atoms with van der Waals surface area (Å²) in [4.78, 5) is 12.1. The van der Waals surface area contributed by atoms with E-state index in [1.54, 1.807) is 24.3 Å². The van der Waals surface area contributed by atoms with Crippen LogP contribution in [0.2, 0.25) is 0 Å². The van der Waals surface area contributed by atoms with Gasteiger partial charge in [0.05, 0.1) is 11.6 Å². The zero-order valence-electron chi connectivity index (χ0n) is 10.7. The molecule has 2 nitrogen and oxygen atoms in total. The molecule has 2 unspecified atom stereocenters. The normalized spacial score (nSPS) is 23.4. The number of hydrogen-bond acceptors (Lipinski definition) is 1. The van der Waals surface area contributed by atoms with E-state index in [1.165, 1.54) is 0 Å². The average molecular weight is 350 g/mol. The Bertz CT molecular complexity index is 490. The number of para-hydroxylation sites is 1. The quantitative estimate of drug-likeness (QED) is 0.819. The molecule has 2 atom stereocenters. The summed E-state index contributed by atoms with van der Waals surface area (Å²) in [6.45, 7) is 0. The molecule has 1 aromatic carbocycles. The van der Waals surface area contributed by atoms with E-state index in [-0.39, 0.29) is 18.7 Å². The first-order chi connectivity index (χ1) is 9.38. The van der Waals surface area contributed by atoms with E-state index in [9.17, 15) is 18.0 Å². The lowest BCUT2D eigenvalue weighted by atomic mass is 9.80. The van der Waals surface area contributed by atoms with Crippen LogP contribution in [0.1, 0.15) is 25.7 Å². The molecule has 6 heteroatoms. The van der Waals surface area contributed by atoms with Gasteiger partial charge in [-0.25, -0.2) is 0 Å². The molecule has 1 saturated carbocycles. The molecule has 0 aliphatic heterocycles. The predicted molar refractivity (Wildman–Crippen MR) is 74.3 cm³/mol. The summed E-state index contributed by atoms with van der Waals surface area (Å²) in [5.74, 6) is -2.25. The van der Waals surface area contributed by atoms with Gasteiger partial charge in [-0.2, -0.15) is 13.2 Å². The van der Waals surface area contributed by atoms with E-state index in [0.29, 0.717) is 18.5 Å². The molecule has 110 valence electrons. The van der Waals surface area contributed by atoms with Gasteiger partial charge in [0.1, 0.15) is 0 Å². The SMILES string of the molecule is O=C(Nc1ccccc1Br)C1CCCC(C(F)(F)F)C1. The van der Waals surface area contributed by atoms with Gasteiger partial charge in [0.25, 0.3) is 0 Å². The topological polar surface area (TPSA) is 29.1 Å². The summed E-state index contributed by atoms with van der Waals surface area (Å²) in [7, 11) is 0. The van der Waals surface area contributed by atoms with Crippen LogP contribution in [0.4, 0.5) is 18.9 Å². The number of amides is 1. The number of anilines is 1. The van der Waals surface area contributed by atoms with E-state index < -0.39 is 18.0 Å². The number of rotatable bonds is 2. The van der Waals surface area contributed by atoms with E-state index in [4.69, 9.17) is 0 Å². The maximum Gasteiger partial charge on any atom is 0.391 e. The van der Waals surface area contributed by atoms with Gasteiger partial charge in [0.15, 0.2) is 0 Å². The van der Waals surface area contributed by atoms with Crippen LogP contribution in [-0.4, -0.2) is 12.1 Å². The van der Waals surface area contributed by atoms with Gasteiger partial charge in [0, 0.05) is 10.4 Å². The van der Waals surface area contributed by atoms with Gasteiger partial charge in [-0.1, -0.05) is 18.6 Å². The van der Waals surface area contributed by atoms with Gasteiger partial charge in [-0.15, -0.1) is 0 Å². The summed E-state index contributed by atoms with van der Waals surface area (Å²) in [5.41, 5.74) is 0.589. The largest absolute Gasteiger partial charge is 0.391 e. The third-order valence-electron chi connectivity index (χ3n) is 3.64. The number of alkyl halides is 3. The summed E-state index contributed by atoms with van der Waals surface area (Å²) < 4.78 is 38.9. The van der Waals surface area contributed by atoms with Crippen molar-refractivity contribution in [2.75, 3.05) is 5.32 Å². The van der Waals surface area contributed by atoms with Crippen molar-refractivity contribution >= 4 is 27.5 Å². The van der Waals surface area contributed by atoms with Crippen molar-refractivity contribution in [3.05, 3.63) is 28.7 Å². The summed E-state index contributed by atoms with van der Waals surface area (Å²) >= 11 is 3.30. The maximum atomic E-state index is 12.7. The van der Waals surface area contributed by atoms with Crippen molar-refractivity contribution in [1.82, 2.24) is 0 Å². The molecule has 1 aliphatic carbocycles. The number of carbonyl (C=O) groups is 1. The monoisotopic (exact) mass is 349 g/mol. The fourth-order valence-electron chi connectivity index (χ4n) is 2.52. The molecule has 1 aromatic rings. The molecule has 2 rings (SSSR count). The van der Waals surface area contributed by atoms with Crippen LogP contribution < -0.4 is 5.32 Å². The molecule has 0 radical (unpaired) electrons. The Morgan fingerprint density at radius 3 is 2.60 bits per heavy atom. The van der Waals surface area contributed by atoms with Crippen molar-refractivity contribution in [3.63, 3.8) is 0 Å². The molecule has 1 amide bonds. The van der Waals surface area contributed by atoms with Gasteiger partial charge in [0.2, 0.25) is 5.91 Å². The second kappa shape index (κ2) is 6.16. The first-order valence-corrected chi connectivity index (χ1v) is 7.29. The molecule has 1 N–H and O–H groups in total. The first kappa shape index (κ1) is 15.4. The van der Waals surface area contributed by atoms with E-state index >= 15 is 0 Å². The zero-order valence-corrected chi connectivity index (χ0v) is 12.3. The molecular formula is C14H15BrF3NO. The minimum Gasteiger partial charge on any atom is -0.325 e. The Hall–Kier alpha value is -1.04. The molecule has 0 spiro atoms. The van der Waals surface area contributed by atoms with Crippen molar-refractivity contribution in [3.8, 4) is 0 Å². The lowest BCUT2D eigenvalue weighted by Crippen LogP contribution is -2.34. The van der Waals surface area contributed by atoms with Crippen LogP contribution in [0.3, 0.4) is 0 Å². The highest BCUT2D eigenvalue weighted by molar-refractivity contribution is 9.10. The van der Waals surface area contributed by atoms with Crippen molar-refractivity contribution < 1.29 is 18.0 Å². The highest BCUT2D eigenvalue weighted by Crippen LogP contribution is 2.40. The van der Waals surface area contributed by atoms with Crippen LogP contribution >= 0.6 is 15.9 Å². The van der Waals surface area contributed by atoms with Gasteiger partial charge < -0.3 is 5.32 Å². The lowest BCUT2D eigenvalue weighted by Gasteiger charge is -2.29. The molecular weight excluding hydrogens is 335 g/mol. The molecule has 0 bridgehead atoms. The summed E-state index contributed by atoms with van der Waals surface area (Å²) in [6, 6.07) is 7.06. The summed E-state index contributed by atoms with van der Waals surface area (Å²) in [5, 5.41) is 2.70. The zero-order chi connectivity index (χ0) is 14.8. The first-order valence-electron chi connectivity index (χ1n) is 6.50. The highest BCUT2D eigenvalue weighted by atomic mass is 79.9. The van der Waals surface area contributed by atoms with Gasteiger partial charge in [-0.05, 0) is 47.3 Å². The average Bonchev–Trinajstić information content (AvgIpc) is 2.40. The van der Waals surface area contributed by atoms with Gasteiger partial charge in [-0.3, -0.25) is 4.79 Å². The Balaban J connectivity index is 2.01. The Morgan fingerprint density at radius 1 is 1.25 bits per heavy atom. The van der Waals surface area contributed by atoms with Crippen molar-refractivity contribution in [1.29, 1.82) is 0 Å². The molecule has 0 heterocycles. The van der Waals surface area contributed by atoms with Crippen molar-refractivity contribution in [2.24, 2.45) is 11.8 Å².